The maximum absolute atomic E-state index is 13.3. The van der Waals surface area contributed by atoms with Crippen LogP contribution in [0.15, 0.2) is 73.2 Å². The van der Waals surface area contributed by atoms with Crippen LogP contribution in [0.5, 0.6) is 5.75 Å². The van der Waals surface area contributed by atoms with Gasteiger partial charge >= 0.3 is 0 Å². The second kappa shape index (κ2) is 8.00. The second-order valence-corrected chi connectivity index (χ2v) is 6.29. The predicted octanol–water partition coefficient (Wildman–Crippen LogP) is 4.73. The van der Waals surface area contributed by atoms with Gasteiger partial charge in [-0.1, -0.05) is 0 Å². The number of hydrogen-bond acceptors (Lipinski definition) is 6. The quantitative estimate of drug-likeness (QED) is 0.368. The normalized spacial score (nSPS) is 10.6. The first-order valence-corrected chi connectivity index (χ1v) is 8.90. The van der Waals surface area contributed by atoms with E-state index in [1.54, 1.807) is 42.9 Å². The van der Waals surface area contributed by atoms with Gasteiger partial charge in [0, 0.05) is 42.4 Å². The number of imidazole rings is 1. The average molecular weight is 405 g/mol. The van der Waals surface area contributed by atoms with Gasteiger partial charge in [0.15, 0.2) is 0 Å². The molecule has 0 amide bonds. The van der Waals surface area contributed by atoms with Crippen LogP contribution in [0.3, 0.4) is 0 Å². The van der Waals surface area contributed by atoms with Crippen molar-refractivity contribution in [3.63, 3.8) is 0 Å². The summed E-state index contributed by atoms with van der Waals surface area (Å²) in [6.45, 7) is 0. The summed E-state index contributed by atoms with van der Waals surface area (Å²) in [6, 6.07) is 13.9. The predicted molar refractivity (Wildman–Crippen MR) is 110 cm³/mol. The first-order valence-electron chi connectivity index (χ1n) is 8.90. The summed E-state index contributed by atoms with van der Waals surface area (Å²) in [5.74, 6) is 1.23. The minimum absolute atomic E-state index is 0.0670. The molecular formula is C21H16FN5O3. The van der Waals surface area contributed by atoms with Crippen LogP contribution in [0.25, 0.3) is 17.1 Å². The molecule has 8 nitrogen and oxygen atoms in total. The molecule has 4 aromatic rings. The van der Waals surface area contributed by atoms with Crippen LogP contribution >= 0.6 is 0 Å². The first-order chi connectivity index (χ1) is 14.5. The van der Waals surface area contributed by atoms with Crippen LogP contribution in [-0.2, 0) is 0 Å². The number of halogens is 1. The molecule has 0 aliphatic heterocycles. The number of nitrogens with zero attached hydrogens (tertiary/aromatic N) is 4. The molecule has 0 fully saturated rings. The van der Waals surface area contributed by atoms with Gasteiger partial charge in [0.1, 0.15) is 23.2 Å². The van der Waals surface area contributed by atoms with Crippen molar-refractivity contribution in [3.8, 4) is 22.8 Å². The zero-order chi connectivity index (χ0) is 21.1. The summed E-state index contributed by atoms with van der Waals surface area (Å²) >= 11 is 0. The molecule has 1 N–H and O–H groups in total. The van der Waals surface area contributed by atoms with Crippen molar-refractivity contribution >= 4 is 17.2 Å². The van der Waals surface area contributed by atoms with E-state index in [0.717, 1.165) is 11.3 Å². The Balaban J connectivity index is 1.69. The highest BCUT2D eigenvalue weighted by Crippen LogP contribution is 2.31. The molecule has 0 spiro atoms. The standard InChI is InChI=1S/C21H16FN5O3/c1-30-19-7-6-17(27(28)29)12-18(19)25-20-13-16(8-9-23-20)26-11-10-24-21(26)14-2-4-15(22)5-3-14/h2-13H,1H3,(H,23,25). The maximum Gasteiger partial charge on any atom is 0.271 e. The smallest absolute Gasteiger partial charge is 0.271 e. The Morgan fingerprint density at radius 2 is 1.87 bits per heavy atom. The topological polar surface area (TPSA) is 95.1 Å². The summed E-state index contributed by atoms with van der Waals surface area (Å²) in [6.07, 6.45) is 5.04. The number of ether oxygens (including phenoxy) is 1. The van der Waals surface area contributed by atoms with Crippen LogP contribution < -0.4 is 10.1 Å². The lowest BCUT2D eigenvalue weighted by molar-refractivity contribution is -0.384. The van der Waals surface area contributed by atoms with E-state index in [0.29, 0.717) is 23.1 Å². The monoisotopic (exact) mass is 405 g/mol. The zero-order valence-corrected chi connectivity index (χ0v) is 15.8. The van der Waals surface area contributed by atoms with E-state index in [9.17, 15) is 14.5 Å². The van der Waals surface area contributed by atoms with Gasteiger partial charge in [-0.15, -0.1) is 0 Å². The lowest BCUT2D eigenvalue weighted by atomic mass is 10.2. The fourth-order valence-corrected chi connectivity index (χ4v) is 3.01. The molecule has 9 heteroatoms. The number of methoxy groups -OCH3 is 1. The summed E-state index contributed by atoms with van der Waals surface area (Å²) in [7, 11) is 1.48. The van der Waals surface area contributed by atoms with Crippen molar-refractivity contribution in [2.24, 2.45) is 0 Å². The van der Waals surface area contributed by atoms with Crippen molar-refractivity contribution in [1.82, 2.24) is 14.5 Å². The van der Waals surface area contributed by atoms with Crippen molar-refractivity contribution < 1.29 is 14.1 Å². The van der Waals surface area contributed by atoms with E-state index in [1.807, 2.05) is 4.57 Å². The Labute approximate surface area is 170 Å². The number of non-ortho nitro benzene ring substituents is 1. The lowest BCUT2D eigenvalue weighted by Gasteiger charge is -2.12. The van der Waals surface area contributed by atoms with Gasteiger partial charge in [-0.25, -0.2) is 14.4 Å². The van der Waals surface area contributed by atoms with E-state index < -0.39 is 4.92 Å². The molecule has 2 heterocycles. The Kier molecular flexibility index (Phi) is 5.08. The largest absolute Gasteiger partial charge is 0.495 e. The number of pyridine rings is 1. The van der Waals surface area contributed by atoms with Crippen molar-refractivity contribution in [3.05, 3.63) is 89.1 Å². The summed E-state index contributed by atoms with van der Waals surface area (Å²) in [4.78, 5) is 19.3. The Hall–Kier alpha value is -4.27. The summed E-state index contributed by atoms with van der Waals surface area (Å²) in [5.41, 5.74) is 1.87. The first kappa shape index (κ1) is 19.1. The summed E-state index contributed by atoms with van der Waals surface area (Å²) < 4.78 is 20.4. The van der Waals surface area contributed by atoms with Gasteiger partial charge in [0.2, 0.25) is 0 Å². The fourth-order valence-electron chi connectivity index (χ4n) is 3.01. The Morgan fingerprint density at radius 1 is 1.07 bits per heavy atom. The maximum atomic E-state index is 13.3. The Morgan fingerprint density at radius 3 is 2.60 bits per heavy atom. The molecule has 0 aliphatic carbocycles. The van der Waals surface area contributed by atoms with Crippen LogP contribution in [0, 0.1) is 15.9 Å². The molecule has 2 aromatic carbocycles. The van der Waals surface area contributed by atoms with Crippen molar-refractivity contribution in [2.75, 3.05) is 12.4 Å². The lowest BCUT2D eigenvalue weighted by Crippen LogP contribution is -2.01. The third kappa shape index (κ3) is 3.81. The highest BCUT2D eigenvalue weighted by Gasteiger charge is 2.13. The van der Waals surface area contributed by atoms with E-state index in [4.69, 9.17) is 4.74 Å². The van der Waals surface area contributed by atoms with E-state index in [2.05, 4.69) is 15.3 Å². The SMILES string of the molecule is COc1ccc([N+](=O)[O-])cc1Nc1cc(-n2ccnc2-c2ccc(F)cc2)ccn1. The van der Waals surface area contributed by atoms with Crippen molar-refractivity contribution in [2.45, 2.75) is 0 Å². The van der Waals surface area contributed by atoms with Gasteiger partial charge in [-0.2, -0.15) is 0 Å². The molecule has 30 heavy (non-hydrogen) atoms. The molecular weight excluding hydrogens is 389 g/mol. The van der Waals surface area contributed by atoms with Gasteiger partial charge in [-0.05, 0) is 36.4 Å². The highest BCUT2D eigenvalue weighted by atomic mass is 19.1. The van der Waals surface area contributed by atoms with E-state index in [1.165, 1.54) is 37.4 Å². The highest BCUT2D eigenvalue weighted by molar-refractivity contribution is 5.69. The van der Waals surface area contributed by atoms with E-state index in [-0.39, 0.29) is 11.5 Å². The van der Waals surface area contributed by atoms with Crippen LogP contribution in [0.1, 0.15) is 0 Å². The molecule has 0 aliphatic rings. The minimum atomic E-state index is -0.477. The van der Waals surface area contributed by atoms with Crippen LogP contribution in [0.2, 0.25) is 0 Å². The third-order valence-electron chi connectivity index (χ3n) is 4.42. The third-order valence-corrected chi connectivity index (χ3v) is 4.42. The summed E-state index contributed by atoms with van der Waals surface area (Å²) in [5, 5.41) is 14.2. The van der Waals surface area contributed by atoms with Gasteiger partial charge < -0.3 is 10.1 Å². The van der Waals surface area contributed by atoms with Gasteiger partial charge in [0.05, 0.1) is 23.4 Å². The van der Waals surface area contributed by atoms with Crippen molar-refractivity contribution in [1.29, 1.82) is 0 Å². The molecule has 150 valence electrons. The number of hydrogen-bond donors (Lipinski definition) is 1. The molecule has 0 radical (unpaired) electrons. The molecule has 4 rings (SSSR count). The van der Waals surface area contributed by atoms with Gasteiger partial charge in [0.25, 0.3) is 5.69 Å². The molecule has 0 saturated heterocycles. The Bertz CT molecular complexity index is 1210. The number of nitrogens with one attached hydrogen (secondary N) is 1. The molecule has 0 saturated carbocycles. The molecule has 0 atom stereocenters. The number of rotatable bonds is 6. The van der Waals surface area contributed by atoms with E-state index >= 15 is 0 Å². The van der Waals surface area contributed by atoms with Crippen LogP contribution in [0.4, 0.5) is 21.6 Å². The zero-order valence-electron chi connectivity index (χ0n) is 15.8. The molecule has 2 aromatic heterocycles. The second-order valence-electron chi connectivity index (χ2n) is 6.29. The number of aromatic nitrogens is 3. The fraction of sp³-hybridized carbons (Fsp3) is 0.0476. The number of benzene rings is 2. The molecule has 0 unspecified atom stereocenters. The average Bonchev–Trinajstić information content (AvgIpc) is 3.24. The van der Waals surface area contributed by atoms with Gasteiger partial charge in [-0.3, -0.25) is 14.7 Å². The number of nitro benzene ring substituents is 1. The minimum Gasteiger partial charge on any atom is -0.495 e. The molecule has 0 bridgehead atoms. The number of nitro groups is 1. The number of anilines is 2. The van der Waals surface area contributed by atoms with Crippen LogP contribution in [-0.4, -0.2) is 26.6 Å².